The lowest BCUT2D eigenvalue weighted by molar-refractivity contribution is 0.241. The van der Waals surface area contributed by atoms with E-state index in [1.165, 1.54) is 0 Å². The van der Waals surface area contributed by atoms with E-state index in [0.29, 0.717) is 12.5 Å². The number of guanidine groups is 1. The number of aliphatic imine (C=N–C) groups is 1. The fourth-order valence-corrected chi connectivity index (χ4v) is 2.10. The third-order valence-corrected chi connectivity index (χ3v) is 3.15. The fraction of sp³-hybridized carbons (Fsp3) is 0.889. The molecule has 0 saturated carbocycles. The second kappa shape index (κ2) is 6.14. The van der Waals surface area contributed by atoms with Gasteiger partial charge < -0.3 is 15.7 Å². The van der Waals surface area contributed by atoms with Gasteiger partial charge in [-0.15, -0.1) is 0 Å². The lowest BCUT2D eigenvalue weighted by Gasteiger charge is -2.27. The summed E-state index contributed by atoms with van der Waals surface area (Å²) in [4.78, 5) is 6.38. The van der Waals surface area contributed by atoms with Crippen LogP contribution in [0.25, 0.3) is 0 Å². The van der Waals surface area contributed by atoms with Gasteiger partial charge in [0.05, 0.1) is 0 Å². The van der Waals surface area contributed by atoms with Crippen molar-refractivity contribution in [2.24, 2.45) is 16.6 Å². The van der Waals surface area contributed by atoms with Crippen LogP contribution >= 0.6 is 11.8 Å². The summed E-state index contributed by atoms with van der Waals surface area (Å²) >= 11 is 1.95. The molecular formula is C9H19N3OS. The number of aliphatic hydroxyl groups is 1. The zero-order valence-electron chi connectivity index (χ0n) is 8.65. The molecule has 0 amide bonds. The van der Waals surface area contributed by atoms with Crippen LogP contribution in [0.3, 0.4) is 0 Å². The van der Waals surface area contributed by atoms with Gasteiger partial charge >= 0.3 is 0 Å². The Balaban J connectivity index is 2.34. The monoisotopic (exact) mass is 217 g/mol. The van der Waals surface area contributed by atoms with Gasteiger partial charge in [-0.05, 0) is 5.92 Å². The van der Waals surface area contributed by atoms with E-state index in [1.54, 1.807) is 0 Å². The van der Waals surface area contributed by atoms with Gasteiger partial charge in [0.1, 0.15) is 0 Å². The number of thioether (sulfide) groups is 1. The van der Waals surface area contributed by atoms with Gasteiger partial charge in [-0.1, -0.05) is 6.92 Å². The van der Waals surface area contributed by atoms with Gasteiger partial charge in [0.2, 0.25) is 0 Å². The highest BCUT2D eigenvalue weighted by molar-refractivity contribution is 7.99. The fourth-order valence-electron chi connectivity index (χ4n) is 1.20. The van der Waals surface area contributed by atoms with Gasteiger partial charge in [0.25, 0.3) is 0 Å². The minimum Gasteiger partial charge on any atom is -0.396 e. The van der Waals surface area contributed by atoms with Crippen LogP contribution in [0.1, 0.15) is 6.92 Å². The van der Waals surface area contributed by atoms with Crippen LogP contribution in [0.15, 0.2) is 4.99 Å². The Kier molecular flexibility index (Phi) is 5.11. The van der Waals surface area contributed by atoms with Crippen molar-refractivity contribution in [1.29, 1.82) is 0 Å². The molecule has 5 heteroatoms. The molecule has 0 aliphatic carbocycles. The molecule has 14 heavy (non-hydrogen) atoms. The lowest BCUT2D eigenvalue weighted by atomic mass is 10.2. The van der Waals surface area contributed by atoms with Crippen molar-refractivity contribution >= 4 is 17.7 Å². The zero-order chi connectivity index (χ0) is 10.4. The summed E-state index contributed by atoms with van der Waals surface area (Å²) in [5, 5.41) is 8.83. The molecule has 82 valence electrons. The van der Waals surface area contributed by atoms with Gasteiger partial charge in [-0.2, -0.15) is 11.8 Å². The third-order valence-electron chi connectivity index (χ3n) is 2.21. The molecule has 0 aromatic rings. The summed E-state index contributed by atoms with van der Waals surface area (Å²) in [6, 6.07) is 0. The van der Waals surface area contributed by atoms with Crippen molar-refractivity contribution in [2.75, 3.05) is 37.7 Å². The summed E-state index contributed by atoms with van der Waals surface area (Å²) < 4.78 is 0. The molecule has 1 aliphatic heterocycles. The van der Waals surface area contributed by atoms with Crippen LogP contribution in [0.4, 0.5) is 0 Å². The summed E-state index contributed by atoms with van der Waals surface area (Å²) in [5.74, 6) is 3.09. The first kappa shape index (κ1) is 11.7. The van der Waals surface area contributed by atoms with E-state index >= 15 is 0 Å². The van der Waals surface area contributed by atoms with Crippen LogP contribution in [0.5, 0.6) is 0 Å². The third kappa shape index (κ3) is 3.75. The first-order valence-electron chi connectivity index (χ1n) is 4.97. The number of aliphatic hydroxyl groups excluding tert-OH is 1. The summed E-state index contributed by atoms with van der Waals surface area (Å²) in [6.07, 6.45) is 0. The van der Waals surface area contributed by atoms with Gasteiger partial charge in [-0.25, -0.2) is 0 Å². The molecule has 4 nitrogen and oxygen atoms in total. The number of nitrogens with zero attached hydrogens (tertiary/aromatic N) is 2. The molecule has 1 unspecified atom stereocenters. The lowest BCUT2D eigenvalue weighted by Crippen LogP contribution is -2.42. The van der Waals surface area contributed by atoms with Crippen molar-refractivity contribution in [1.82, 2.24) is 4.90 Å². The van der Waals surface area contributed by atoms with Crippen LogP contribution in [-0.2, 0) is 0 Å². The molecule has 1 rings (SSSR count). The summed E-state index contributed by atoms with van der Waals surface area (Å²) in [5.41, 5.74) is 5.84. The average Bonchev–Trinajstić information content (AvgIpc) is 2.26. The van der Waals surface area contributed by atoms with E-state index in [9.17, 15) is 0 Å². The molecule has 1 fully saturated rings. The van der Waals surface area contributed by atoms with Crippen molar-refractivity contribution in [3.05, 3.63) is 0 Å². The number of hydrogen-bond donors (Lipinski definition) is 2. The maximum Gasteiger partial charge on any atom is 0.191 e. The molecule has 1 saturated heterocycles. The SMILES string of the molecule is CC(CO)CN=C(N)N1CCSCC1. The molecule has 1 aliphatic rings. The molecular weight excluding hydrogens is 198 g/mol. The van der Waals surface area contributed by atoms with Crippen LogP contribution in [0.2, 0.25) is 0 Å². The summed E-state index contributed by atoms with van der Waals surface area (Å²) in [6.45, 7) is 4.74. The van der Waals surface area contributed by atoms with Crippen molar-refractivity contribution in [3.8, 4) is 0 Å². The largest absolute Gasteiger partial charge is 0.396 e. The van der Waals surface area contributed by atoms with E-state index in [2.05, 4.69) is 9.89 Å². The first-order valence-corrected chi connectivity index (χ1v) is 6.13. The number of rotatable bonds is 3. The van der Waals surface area contributed by atoms with Crippen LogP contribution in [0, 0.1) is 5.92 Å². The maximum absolute atomic E-state index is 8.83. The molecule has 1 atom stereocenters. The Morgan fingerprint density at radius 1 is 1.57 bits per heavy atom. The average molecular weight is 217 g/mol. The highest BCUT2D eigenvalue weighted by atomic mass is 32.2. The highest BCUT2D eigenvalue weighted by Crippen LogP contribution is 2.08. The van der Waals surface area contributed by atoms with Crippen molar-refractivity contribution < 1.29 is 5.11 Å². The Morgan fingerprint density at radius 3 is 2.79 bits per heavy atom. The minimum atomic E-state index is 0.173. The quantitative estimate of drug-likeness (QED) is 0.515. The Labute approximate surface area is 89.6 Å². The standard InChI is InChI=1S/C9H19N3OS/c1-8(7-13)6-11-9(10)12-2-4-14-5-3-12/h8,13H,2-7H2,1H3,(H2,10,11). The van der Waals surface area contributed by atoms with Gasteiger partial charge in [-0.3, -0.25) is 4.99 Å². The highest BCUT2D eigenvalue weighted by Gasteiger charge is 2.12. The molecule has 0 bridgehead atoms. The normalized spacial score (nSPS) is 21.0. The smallest absolute Gasteiger partial charge is 0.191 e. The van der Waals surface area contributed by atoms with Crippen molar-refractivity contribution in [3.63, 3.8) is 0 Å². The molecule has 0 aromatic heterocycles. The van der Waals surface area contributed by atoms with Gasteiger partial charge in [0.15, 0.2) is 5.96 Å². The van der Waals surface area contributed by atoms with Crippen molar-refractivity contribution in [2.45, 2.75) is 6.92 Å². The summed E-state index contributed by atoms with van der Waals surface area (Å²) in [7, 11) is 0. The molecule has 0 aromatic carbocycles. The van der Waals surface area contributed by atoms with E-state index < -0.39 is 0 Å². The predicted molar refractivity (Wildman–Crippen MR) is 61.6 cm³/mol. The molecule has 0 radical (unpaired) electrons. The Hall–Kier alpha value is -0.420. The number of hydrogen-bond acceptors (Lipinski definition) is 3. The number of nitrogens with two attached hydrogens (primary N) is 1. The second-order valence-corrected chi connectivity index (χ2v) is 4.81. The van der Waals surface area contributed by atoms with E-state index in [-0.39, 0.29) is 12.5 Å². The Bertz CT molecular complexity index is 192. The Morgan fingerprint density at radius 2 is 2.21 bits per heavy atom. The van der Waals surface area contributed by atoms with E-state index in [1.807, 2.05) is 18.7 Å². The van der Waals surface area contributed by atoms with Gasteiger partial charge in [0, 0.05) is 37.7 Å². The van der Waals surface area contributed by atoms with Crippen LogP contribution in [-0.4, -0.2) is 53.7 Å². The maximum atomic E-state index is 8.83. The molecule has 3 N–H and O–H groups in total. The first-order chi connectivity index (χ1) is 6.74. The zero-order valence-corrected chi connectivity index (χ0v) is 9.46. The minimum absolute atomic E-state index is 0.173. The molecule has 1 heterocycles. The predicted octanol–water partition coefficient (Wildman–Crippen LogP) is -0.0217. The van der Waals surface area contributed by atoms with Crippen LogP contribution < -0.4 is 5.73 Å². The molecule has 0 spiro atoms. The topological polar surface area (TPSA) is 61.9 Å². The van der Waals surface area contributed by atoms with E-state index in [4.69, 9.17) is 10.8 Å². The van der Waals surface area contributed by atoms with E-state index in [0.717, 1.165) is 24.6 Å². The second-order valence-electron chi connectivity index (χ2n) is 3.59.